The zero-order valence-corrected chi connectivity index (χ0v) is 11.6. The molecule has 0 unspecified atom stereocenters. The first-order valence-electron chi connectivity index (χ1n) is 2.62. The number of carbonyl (C=O) groups is 1. The van der Waals surface area contributed by atoms with Crippen molar-refractivity contribution in [3.05, 3.63) is 46.0 Å². The number of nitrogens with two attached hydrogens (primary N) is 2. The number of hydrogen-bond acceptors (Lipinski definition) is 12. The third-order valence-electron chi connectivity index (χ3n) is 0. The summed E-state index contributed by atoms with van der Waals surface area (Å²) in [4.78, 5) is 33.8. The minimum Gasteiger partial charge on any atom is -0.356 e. The van der Waals surface area contributed by atoms with Crippen LogP contribution < -0.4 is 11.5 Å². The maximum absolute atomic E-state index is 9.00. The van der Waals surface area contributed by atoms with E-state index < -0.39 is 21.3 Å². The molecule has 110 valence electrons. The average molecular weight is 346 g/mol. The van der Waals surface area contributed by atoms with Crippen molar-refractivity contribution in [2.75, 3.05) is 0 Å². The maximum Gasteiger partial charge on any atom is 2.00 e. The van der Waals surface area contributed by atoms with Gasteiger partial charge in [0.15, 0.2) is 0 Å². The Morgan fingerprint density at radius 2 is 0.789 bits per heavy atom. The minimum atomic E-state index is -1.75. The summed E-state index contributed by atoms with van der Waals surface area (Å²) in [6.45, 7) is 0. The monoisotopic (exact) mass is 345 g/mol. The summed E-state index contributed by atoms with van der Waals surface area (Å²) in [5.74, 6) is 0. The van der Waals surface area contributed by atoms with Gasteiger partial charge >= 0.3 is 26.9 Å². The van der Waals surface area contributed by atoms with Gasteiger partial charge in [0.2, 0.25) is 0 Å². The van der Waals surface area contributed by atoms with E-state index in [0.717, 1.165) is 0 Å². The molecule has 0 saturated heterocycles. The first-order valence-corrected chi connectivity index (χ1v) is 2.62. The molecule has 0 radical (unpaired) electrons. The van der Waals surface area contributed by atoms with Gasteiger partial charge in [0.25, 0.3) is 0 Å². The van der Waals surface area contributed by atoms with Crippen LogP contribution in [0.15, 0.2) is 0 Å². The van der Waals surface area contributed by atoms with Gasteiger partial charge in [-0.05, 0) is 0 Å². The molecule has 0 aliphatic carbocycles. The van der Waals surface area contributed by atoms with Gasteiger partial charge in [-0.15, -0.1) is 0 Å². The molecular weight excluding hydrogens is 339 g/mol. The quantitative estimate of drug-likeness (QED) is 0.167. The van der Waals surface area contributed by atoms with Crippen molar-refractivity contribution in [3.8, 4) is 0 Å². The van der Waals surface area contributed by atoms with E-state index in [1.165, 1.54) is 0 Å². The Labute approximate surface area is 116 Å². The fourth-order valence-corrected chi connectivity index (χ4v) is 0. The molecule has 0 saturated carbocycles. The molecule has 2 amide bonds. The molecule has 0 atom stereocenters. The van der Waals surface area contributed by atoms with Crippen molar-refractivity contribution in [1.29, 1.82) is 0 Å². The zero-order chi connectivity index (χ0) is 16.3. The molecule has 0 aromatic rings. The smallest absolute Gasteiger partial charge is 0.356 e. The van der Waals surface area contributed by atoms with Crippen molar-refractivity contribution in [3.63, 3.8) is 0 Å². The van der Waals surface area contributed by atoms with Crippen LogP contribution in [0.1, 0.15) is 1.43 Å². The summed E-state index contributed by atoms with van der Waals surface area (Å²) >= 11 is 0. The summed E-state index contributed by atoms with van der Waals surface area (Å²) in [6, 6.07) is -0.833. The Hall–Kier alpha value is -2.59. The molecule has 19 heavy (non-hydrogen) atoms. The normalized spacial score (nSPS) is 5.37. The van der Waals surface area contributed by atoms with Crippen LogP contribution in [0.25, 0.3) is 0 Å². The first-order chi connectivity index (χ1) is 7.93. The standard InChI is InChI=1S/CH4N2O.3NO3.H2O2.Zn/c4*2-1(3)4;1-2;/h(H4,2,3,4);;;;1-2H;/q;3*-1;;+2/p+1. The molecule has 0 aromatic heterocycles. The SMILES string of the molecule is NC(N)=O.O=[N+]([O-])[O-].O=[N+]([O-])[O-].O=[N+]([O-])[O-].OO.[H+].[Zn+2]. The van der Waals surface area contributed by atoms with Gasteiger partial charge in [-0.2, -0.15) is 0 Å². The third-order valence-corrected chi connectivity index (χ3v) is 0. The van der Waals surface area contributed by atoms with E-state index >= 15 is 0 Å². The van der Waals surface area contributed by atoms with Crippen LogP contribution in [0.4, 0.5) is 4.79 Å². The topological polar surface area (TPSA) is 308 Å². The molecule has 6 N–H and O–H groups in total. The van der Waals surface area contributed by atoms with E-state index in [4.69, 9.17) is 61.3 Å². The van der Waals surface area contributed by atoms with Crippen LogP contribution in [0.2, 0.25) is 0 Å². The van der Waals surface area contributed by atoms with Crippen molar-refractivity contribution in [2.45, 2.75) is 0 Å². The molecule has 0 spiro atoms. The van der Waals surface area contributed by atoms with Gasteiger partial charge in [0, 0.05) is 0 Å². The summed E-state index contributed by atoms with van der Waals surface area (Å²) in [7, 11) is 0. The van der Waals surface area contributed by atoms with E-state index in [1.807, 2.05) is 0 Å². The van der Waals surface area contributed by atoms with E-state index in [-0.39, 0.29) is 20.9 Å². The van der Waals surface area contributed by atoms with Gasteiger partial charge in [-0.3, -0.25) is 10.5 Å². The Kier molecular flexibility index (Phi) is 68.4. The van der Waals surface area contributed by atoms with Crippen molar-refractivity contribution in [2.24, 2.45) is 11.5 Å². The Bertz CT molecular complexity index is 172. The fraction of sp³-hybridized carbons (Fsp3) is 0. The Morgan fingerprint density at radius 1 is 0.789 bits per heavy atom. The minimum absolute atomic E-state index is 0. The van der Waals surface area contributed by atoms with Gasteiger partial charge in [-0.25, -0.2) is 4.79 Å². The number of rotatable bonds is 0. The molecular formula is CH7N5O12Zn. The van der Waals surface area contributed by atoms with Crippen LogP contribution in [0, 0.1) is 46.0 Å². The number of amides is 2. The van der Waals surface area contributed by atoms with Gasteiger partial charge in [0.1, 0.15) is 0 Å². The largest absolute Gasteiger partial charge is 2.00 e. The average Bonchev–Trinajstić information content (AvgIpc) is 2.01. The predicted molar refractivity (Wildman–Crippen MR) is 51.2 cm³/mol. The van der Waals surface area contributed by atoms with Crippen molar-refractivity contribution in [1.82, 2.24) is 0 Å². The molecule has 0 aromatic carbocycles. The van der Waals surface area contributed by atoms with Crippen LogP contribution in [0.3, 0.4) is 0 Å². The van der Waals surface area contributed by atoms with Gasteiger partial charge in [-0.1, -0.05) is 0 Å². The molecule has 0 bridgehead atoms. The van der Waals surface area contributed by atoms with Gasteiger partial charge in [0.05, 0.1) is 15.3 Å². The third kappa shape index (κ3) is 414. The van der Waals surface area contributed by atoms with Crippen molar-refractivity contribution < 1.29 is 51.5 Å². The molecule has 0 aliphatic rings. The van der Waals surface area contributed by atoms with Crippen molar-refractivity contribution >= 4 is 6.03 Å². The number of carbonyl (C=O) groups excluding carboxylic acids is 1. The van der Waals surface area contributed by atoms with E-state index in [9.17, 15) is 0 Å². The van der Waals surface area contributed by atoms with Crippen LogP contribution in [-0.2, 0) is 19.5 Å². The molecule has 0 fully saturated rings. The summed E-state index contributed by atoms with van der Waals surface area (Å²) in [6.07, 6.45) is 0. The van der Waals surface area contributed by atoms with Crippen LogP contribution in [-0.4, -0.2) is 31.8 Å². The second kappa shape index (κ2) is 36.1. The number of hydrogen-bond donors (Lipinski definition) is 4. The molecule has 18 heteroatoms. The summed E-state index contributed by atoms with van der Waals surface area (Å²) in [5.41, 5.74) is 8.50. The van der Waals surface area contributed by atoms with E-state index in [2.05, 4.69) is 11.5 Å². The van der Waals surface area contributed by atoms with Crippen LogP contribution >= 0.6 is 0 Å². The number of primary amides is 2. The van der Waals surface area contributed by atoms with E-state index in [1.54, 1.807) is 0 Å². The second-order valence-corrected chi connectivity index (χ2v) is 1.07. The van der Waals surface area contributed by atoms with E-state index in [0.29, 0.717) is 0 Å². The number of urea groups is 1. The molecule has 0 heterocycles. The number of nitrogens with zero attached hydrogens (tertiary/aromatic N) is 3. The predicted octanol–water partition coefficient (Wildman–Crippen LogP) is -1.57. The molecule has 17 nitrogen and oxygen atoms in total. The maximum atomic E-state index is 9.00. The summed E-state index contributed by atoms with van der Waals surface area (Å²) < 4.78 is 0. The fourth-order valence-electron chi connectivity index (χ4n) is 0. The zero-order valence-electron chi connectivity index (χ0n) is 9.68. The Morgan fingerprint density at radius 3 is 0.789 bits per heavy atom. The summed E-state index contributed by atoms with van der Waals surface area (Å²) in [5, 5.41) is 56.2. The Balaban J connectivity index is -0.0000000209. The first kappa shape index (κ1) is 36.0. The van der Waals surface area contributed by atoms with Gasteiger partial charge < -0.3 is 57.4 Å². The second-order valence-electron chi connectivity index (χ2n) is 1.07. The molecule has 0 aliphatic heterocycles. The molecule has 0 rings (SSSR count). The van der Waals surface area contributed by atoms with Crippen LogP contribution in [0.5, 0.6) is 0 Å².